The minimum atomic E-state index is -0.457. The number of carbonyl (C=O) groups is 2. The van der Waals surface area contributed by atoms with Gasteiger partial charge in [0.15, 0.2) is 17.3 Å². The Balaban J connectivity index is 1.47. The van der Waals surface area contributed by atoms with E-state index in [0.717, 1.165) is 5.56 Å². The van der Waals surface area contributed by atoms with Gasteiger partial charge in [-0.15, -0.1) is 10.2 Å². The van der Waals surface area contributed by atoms with Crippen molar-refractivity contribution in [2.45, 2.75) is 13.5 Å². The summed E-state index contributed by atoms with van der Waals surface area (Å²) in [6, 6.07) is 9.77. The van der Waals surface area contributed by atoms with Gasteiger partial charge < -0.3 is 14.6 Å². The first-order valence-electron chi connectivity index (χ1n) is 8.66. The minimum Gasteiger partial charge on any atom is -0.465 e. The molecule has 1 aromatic carbocycles. The Bertz CT molecular complexity index is 1200. The third-order valence-corrected chi connectivity index (χ3v) is 4.23. The van der Waals surface area contributed by atoms with Gasteiger partial charge >= 0.3 is 5.97 Å². The van der Waals surface area contributed by atoms with Crippen LogP contribution in [-0.2, 0) is 11.3 Å². The van der Waals surface area contributed by atoms with Gasteiger partial charge in [0.05, 0.1) is 19.2 Å². The topological polar surface area (TPSA) is 125 Å². The quantitative estimate of drug-likeness (QED) is 0.510. The number of amides is 1. The van der Waals surface area contributed by atoms with Crippen molar-refractivity contribution in [3.8, 4) is 11.5 Å². The normalized spacial score (nSPS) is 10.8. The average Bonchev–Trinajstić information content (AvgIpc) is 3.37. The molecule has 0 atom stereocenters. The maximum Gasteiger partial charge on any atom is 0.337 e. The zero-order chi connectivity index (χ0) is 20.4. The lowest BCUT2D eigenvalue weighted by Crippen LogP contribution is -2.24. The van der Waals surface area contributed by atoms with E-state index >= 15 is 0 Å². The van der Waals surface area contributed by atoms with E-state index in [9.17, 15) is 9.59 Å². The number of pyridine rings is 1. The largest absolute Gasteiger partial charge is 0.465 e. The third-order valence-electron chi connectivity index (χ3n) is 4.23. The van der Waals surface area contributed by atoms with E-state index in [-0.39, 0.29) is 12.5 Å². The number of aromatic nitrogens is 5. The number of ether oxygens (including phenoxy) is 1. The predicted octanol–water partition coefficient (Wildman–Crippen LogP) is 1.80. The van der Waals surface area contributed by atoms with Crippen molar-refractivity contribution in [1.82, 2.24) is 30.1 Å². The molecule has 1 N–H and O–H groups in total. The lowest BCUT2D eigenvalue weighted by Gasteiger charge is -2.05. The van der Waals surface area contributed by atoms with Crippen LogP contribution in [0.1, 0.15) is 32.4 Å². The Morgan fingerprint density at radius 3 is 2.59 bits per heavy atom. The molecule has 0 saturated carbocycles. The fourth-order valence-electron chi connectivity index (χ4n) is 2.75. The van der Waals surface area contributed by atoms with Crippen LogP contribution in [0.2, 0.25) is 0 Å². The smallest absolute Gasteiger partial charge is 0.337 e. The highest BCUT2D eigenvalue weighted by Crippen LogP contribution is 2.18. The Morgan fingerprint density at radius 1 is 1.14 bits per heavy atom. The Kier molecular flexibility index (Phi) is 4.73. The fraction of sp³-hybridized carbons (Fsp3) is 0.158. The van der Waals surface area contributed by atoms with Crippen LogP contribution in [-0.4, -0.2) is 43.7 Å². The number of hydrogen-bond acceptors (Lipinski definition) is 8. The Labute approximate surface area is 164 Å². The SMILES string of the molecule is COC(=O)c1ccc(C(=O)NCc2nnc3cc(-c4nc(C)no4)ccn23)cc1. The van der Waals surface area contributed by atoms with Gasteiger partial charge in [0, 0.05) is 17.3 Å². The molecule has 0 aliphatic rings. The summed E-state index contributed by atoms with van der Waals surface area (Å²) < 4.78 is 11.6. The molecule has 4 rings (SSSR count). The van der Waals surface area contributed by atoms with Crippen molar-refractivity contribution in [1.29, 1.82) is 0 Å². The van der Waals surface area contributed by atoms with E-state index in [2.05, 4.69) is 30.4 Å². The zero-order valence-electron chi connectivity index (χ0n) is 15.6. The van der Waals surface area contributed by atoms with Gasteiger partial charge in [-0.3, -0.25) is 9.20 Å². The first-order chi connectivity index (χ1) is 14.0. The number of methoxy groups -OCH3 is 1. The van der Waals surface area contributed by atoms with Gasteiger partial charge in [-0.05, 0) is 43.3 Å². The first kappa shape index (κ1) is 18.3. The number of nitrogens with one attached hydrogen (secondary N) is 1. The molecule has 10 nitrogen and oxygen atoms in total. The van der Waals surface area contributed by atoms with Gasteiger partial charge in [0.1, 0.15) is 0 Å². The van der Waals surface area contributed by atoms with Crippen molar-refractivity contribution in [3.63, 3.8) is 0 Å². The average molecular weight is 392 g/mol. The van der Waals surface area contributed by atoms with Crippen LogP contribution in [0.5, 0.6) is 0 Å². The van der Waals surface area contributed by atoms with E-state index in [0.29, 0.717) is 34.3 Å². The van der Waals surface area contributed by atoms with Gasteiger partial charge in [-0.2, -0.15) is 4.98 Å². The minimum absolute atomic E-state index is 0.178. The van der Waals surface area contributed by atoms with E-state index in [1.54, 1.807) is 41.8 Å². The summed E-state index contributed by atoms with van der Waals surface area (Å²) >= 11 is 0. The summed E-state index contributed by atoms with van der Waals surface area (Å²) in [5.74, 6) is 0.758. The van der Waals surface area contributed by atoms with Crippen LogP contribution in [0, 0.1) is 6.92 Å². The molecule has 0 aliphatic heterocycles. The number of aryl methyl sites for hydroxylation is 1. The third kappa shape index (κ3) is 3.68. The molecule has 0 saturated heterocycles. The second-order valence-corrected chi connectivity index (χ2v) is 6.16. The number of rotatable bonds is 5. The van der Waals surface area contributed by atoms with Crippen molar-refractivity contribution in [2.24, 2.45) is 0 Å². The van der Waals surface area contributed by atoms with Crippen LogP contribution in [0.25, 0.3) is 17.1 Å². The lowest BCUT2D eigenvalue weighted by molar-refractivity contribution is 0.0600. The molecule has 0 spiro atoms. The summed E-state index contributed by atoms with van der Waals surface area (Å²) in [6.07, 6.45) is 1.77. The van der Waals surface area contributed by atoms with Crippen molar-refractivity contribution in [2.75, 3.05) is 7.11 Å². The summed E-state index contributed by atoms with van der Waals surface area (Å²) in [7, 11) is 1.30. The molecular formula is C19H16N6O4. The molecule has 1 amide bonds. The highest BCUT2D eigenvalue weighted by molar-refractivity contribution is 5.96. The maximum absolute atomic E-state index is 12.4. The first-order valence-corrected chi connectivity index (χ1v) is 8.66. The summed E-state index contributed by atoms with van der Waals surface area (Å²) in [6.45, 7) is 1.92. The summed E-state index contributed by atoms with van der Waals surface area (Å²) in [4.78, 5) is 28.0. The summed E-state index contributed by atoms with van der Waals surface area (Å²) in [5.41, 5.74) is 2.11. The van der Waals surface area contributed by atoms with Crippen LogP contribution < -0.4 is 5.32 Å². The van der Waals surface area contributed by atoms with Crippen LogP contribution in [0.3, 0.4) is 0 Å². The van der Waals surface area contributed by atoms with E-state index in [1.165, 1.54) is 19.2 Å². The van der Waals surface area contributed by atoms with Crippen molar-refractivity contribution in [3.05, 3.63) is 65.4 Å². The highest BCUT2D eigenvalue weighted by atomic mass is 16.5. The van der Waals surface area contributed by atoms with E-state index in [4.69, 9.17) is 4.52 Å². The molecule has 0 fully saturated rings. The number of fused-ring (bicyclic) bond motifs is 1. The van der Waals surface area contributed by atoms with Crippen LogP contribution >= 0.6 is 0 Å². The standard InChI is InChI=1S/C19H16N6O4/c1-11-21-18(29-24-11)14-7-8-25-15(9-14)22-23-16(25)10-20-17(26)12-3-5-13(6-4-12)19(27)28-2/h3-9H,10H2,1-2H3,(H,20,26). The van der Waals surface area contributed by atoms with Crippen molar-refractivity contribution >= 4 is 17.5 Å². The molecule has 0 bridgehead atoms. The van der Waals surface area contributed by atoms with Gasteiger partial charge in [-0.1, -0.05) is 5.16 Å². The maximum atomic E-state index is 12.4. The molecular weight excluding hydrogens is 376 g/mol. The van der Waals surface area contributed by atoms with E-state index in [1.807, 2.05) is 0 Å². The van der Waals surface area contributed by atoms with Crippen LogP contribution in [0.15, 0.2) is 47.1 Å². The molecule has 0 radical (unpaired) electrons. The number of benzene rings is 1. The Hall–Kier alpha value is -4.08. The van der Waals surface area contributed by atoms with Crippen LogP contribution in [0.4, 0.5) is 0 Å². The van der Waals surface area contributed by atoms with Gasteiger partial charge in [0.2, 0.25) is 0 Å². The van der Waals surface area contributed by atoms with E-state index < -0.39 is 5.97 Å². The predicted molar refractivity (Wildman–Crippen MR) is 100.0 cm³/mol. The number of carbonyl (C=O) groups excluding carboxylic acids is 2. The second-order valence-electron chi connectivity index (χ2n) is 6.16. The number of esters is 1. The molecule has 29 heavy (non-hydrogen) atoms. The molecule has 146 valence electrons. The number of hydrogen-bond donors (Lipinski definition) is 1. The van der Waals surface area contributed by atoms with Crippen molar-refractivity contribution < 1.29 is 18.8 Å². The molecule has 10 heteroatoms. The molecule has 0 aliphatic carbocycles. The molecule has 3 heterocycles. The second kappa shape index (κ2) is 7.50. The fourth-order valence-corrected chi connectivity index (χ4v) is 2.75. The van der Waals surface area contributed by atoms with Gasteiger partial charge in [-0.25, -0.2) is 4.79 Å². The Morgan fingerprint density at radius 2 is 1.90 bits per heavy atom. The zero-order valence-corrected chi connectivity index (χ0v) is 15.6. The highest BCUT2D eigenvalue weighted by Gasteiger charge is 2.13. The molecule has 4 aromatic rings. The molecule has 0 unspecified atom stereocenters. The van der Waals surface area contributed by atoms with Gasteiger partial charge in [0.25, 0.3) is 11.8 Å². The number of nitrogens with zero attached hydrogens (tertiary/aromatic N) is 5. The monoisotopic (exact) mass is 392 g/mol. The summed E-state index contributed by atoms with van der Waals surface area (Å²) in [5, 5.41) is 14.8. The lowest BCUT2D eigenvalue weighted by atomic mass is 10.1. The molecule has 3 aromatic heterocycles.